The monoisotopic (exact) mass is 435 g/mol. The van der Waals surface area contributed by atoms with Crippen molar-refractivity contribution in [1.82, 2.24) is 4.98 Å². The van der Waals surface area contributed by atoms with Gasteiger partial charge in [0.25, 0.3) is 0 Å². The lowest BCUT2D eigenvalue weighted by molar-refractivity contribution is -0.0499. The Balaban J connectivity index is 2.35. The number of aromatic nitrogens is 1. The van der Waals surface area contributed by atoms with Crippen molar-refractivity contribution in [3.05, 3.63) is 58.2 Å². The van der Waals surface area contributed by atoms with Crippen LogP contribution in [0.4, 0.5) is 13.2 Å². The first-order chi connectivity index (χ1) is 12.5. The quantitative estimate of drug-likeness (QED) is 0.388. The predicted octanol–water partition coefficient (Wildman–Crippen LogP) is 5.75. The first kappa shape index (κ1) is 19.7. The fourth-order valence-electron chi connectivity index (χ4n) is 2.47. The number of benzene rings is 2. The van der Waals surface area contributed by atoms with E-state index in [1.807, 2.05) is 0 Å². The zero-order chi connectivity index (χ0) is 20.0. The molecule has 0 saturated heterocycles. The summed E-state index contributed by atoms with van der Waals surface area (Å²) in [6, 6.07) is 10.5. The Kier molecular flexibility index (Phi) is 5.00. The number of pyridine rings is 1. The van der Waals surface area contributed by atoms with Crippen LogP contribution in [-0.4, -0.2) is 18.9 Å². The van der Waals surface area contributed by atoms with Crippen molar-refractivity contribution in [2.75, 3.05) is 0 Å². The lowest BCUT2D eigenvalue weighted by Crippen LogP contribution is -2.28. The second-order valence-electron chi connectivity index (χ2n) is 5.57. The Bertz CT molecular complexity index is 1130. The first-order valence-electron chi connectivity index (χ1n) is 7.36. The van der Waals surface area contributed by atoms with Crippen LogP contribution < -0.4 is 4.18 Å². The summed E-state index contributed by atoms with van der Waals surface area (Å²) >= 11 is 11.9. The number of halogens is 5. The zero-order valence-corrected chi connectivity index (χ0v) is 15.8. The molecule has 0 amide bonds. The van der Waals surface area contributed by atoms with Gasteiger partial charge in [-0.3, -0.25) is 4.98 Å². The van der Waals surface area contributed by atoms with Crippen LogP contribution in [0.15, 0.2) is 42.5 Å². The third-order valence-electron chi connectivity index (χ3n) is 3.65. The van der Waals surface area contributed by atoms with Crippen molar-refractivity contribution in [3.63, 3.8) is 0 Å². The average Bonchev–Trinajstić information content (AvgIpc) is 2.55. The predicted molar refractivity (Wildman–Crippen MR) is 97.5 cm³/mol. The highest BCUT2D eigenvalue weighted by Gasteiger charge is 2.49. The highest BCUT2D eigenvalue weighted by Crippen LogP contribution is 2.44. The lowest BCUT2D eigenvalue weighted by atomic mass is 9.99. The molecule has 3 aromatic rings. The molecule has 0 saturated carbocycles. The van der Waals surface area contributed by atoms with Gasteiger partial charge in [0.1, 0.15) is 0 Å². The summed E-state index contributed by atoms with van der Waals surface area (Å²) in [7, 11) is -5.92. The summed E-state index contributed by atoms with van der Waals surface area (Å²) in [5.41, 5.74) is -4.15. The third-order valence-corrected chi connectivity index (χ3v) is 5.14. The minimum atomic E-state index is -5.92. The van der Waals surface area contributed by atoms with Gasteiger partial charge in [0.2, 0.25) is 0 Å². The molecule has 0 aliphatic heterocycles. The molecule has 1 heterocycles. The van der Waals surface area contributed by atoms with E-state index in [0.717, 1.165) is 0 Å². The van der Waals surface area contributed by atoms with Crippen molar-refractivity contribution in [2.24, 2.45) is 0 Å². The number of aryl methyl sites for hydroxylation is 1. The van der Waals surface area contributed by atoms with Crippen molar-refractivity contribution < 1.29 is 25.8 Å². The standard InChI is InChI=1S/C17H10Cl2F3NO3S/c1-9-2-7-12-14(23-9)8-13(19)16(26-27(24,25)17(20,21)22)15(12)10-3-5-11(18)6-4-10/h2-8H,1H3. The maximum absolute atomic E-state index is 12.8. The molecule has 142 valence electrons. The van der Waals surface area contributed by atoms with Crippen LogP contribution >= 0.6 is 23.2 Å². The van der Waals surface area contributed by atoms with E-state index in [-0.39, 0.29) is 10.6 Å². The Morgan fingerprint density at radius 1 is 1.04 bits per heavy atom. The van der Waals surface area contributed by atoms with Crippen molar-refractivity contribution >= 4 is 44.2 Å². The van der Waals surface area contributed by atoms with Crippen LogP contribution in [-0.2, 0) is 10.1 Å². The van der Waals surface area contributed by atoms with Gasteiger partial charge in [0.05, 0.1) is 10.5 Å². The second-order valence-corrected chi connectivity index (χ2v) is 7.95. The molecule has 0 aliphatic carbocycles. The highest BCUT2D eigenvalue weighted by molar-refractivity contribution is 7.88. The minimum absolute atomic E-state index is 0.0643. The number of hydrogen-bond acceptors (Lipinski definition) is 4. The van der Waals surface area contributed by atoms with Gasteiger partial charge < -0.3 is 4.18 Å². The second kappa shape index (κ2) is 6.85. The highest BCUT2D eigenvalue weighted by atomic mass is 35.5. The zero-order valence-electron chi connectivity index (χ0n) is 13.5. The van der Waals surface area contributed by atoms with Crippen LogP contribution in [0.25, 0.3) is 22.0 Å². The molecule has 0 fully saturated rings. The van der Waals surface area contributed by atoms with E-state index in [0.29, 0.717) is 27.2 Å². The Morgan fingerprint density at radius 3 is 2.26 bits per heavy atom. The van der Waals surface area contributed by atoms with Crippen LogP contribution in [0.3, 0.4) is 0 Å². The van der Waals surface area contributed by atoms with Gasteiger partial charge in [-0.1, -0.05) is 41.4 Å². The molecule has 0 radical (unpaired) electrons. The Morgan fingerprint density at radius 2 is 1.67 bits per heavy atom. The lowest BCUT2D eigenvalue weighted by Gasteiger charge is -2.17. The maximum Gasteiger partial charge on any atom is 0.534 e. The molecular formula is C17H10Cl2F3NO3S. The topological polar surface area (TPSA) is 56.3 Å². The molecule has 10 heteroatoms. The van der Waals surface area contributed by atoms with Crippen LogP contribution in [0.5, 0.6) is 5.75 Å². The number of nitrogens with zero attached hydrogens (tertiary/aromatic N) is 1. The number of rotatable bonds is 3. The van der Waals surface area contributed by atoms with Gasteiger partial charge in [-0.25, -0.2) is 0 Å². The van der Waals surface area contributed by atoms with Gasteiger partial charge in [-0.05, 0) is 36.8 Å². The summed E-state index contributed by atoms with van der Waals surface area (Å²) < 4.78 is 66.0. The van der Waals surface area contributed by atoms with E-state index in [2.05, 4.69) is 9.17 Å². The summed E-state index contributed by atoms with van der Waals surface area (Å²) in [6.07, 6.45) is 0. The number of alkyl halides is 3. The molecule has 0 spiro atoms. The summed E-state index contributed by atoms with van der Waals surface area (Å²) in [6.45, 7) is 1.73. The fourth-order valence-corrected chi connectivity index (χ4v) is 3.36. The molecule has 3 rings (SSSR count). The summed E-state index contributed by atoms with van der Waals surface area (Å²) in [5, 5.41) is 0.447. The molecule has 0 N–H and O–H groups in total. The average molecular weight is 436 g/mol. The third kappa shape index (κ3) is 3.83. The molecule has 1 aromatic heterocycles. The van der Waals surface area contributed by atoms with Crippen molar-refractivity contribution in [1.29, 1.82) is 0 Å². The minimum Gasteiger partial charge on any atom is -0.374 e. The Labute approximate surface area is 162 Å². The van der Waals surface area contributed by atoms with Gasteiger partial charge in [-0.15, -0.1) is 0 Å². The summed E-state index contributed by atoms with van der Waals surface area (Å²) in [5.74, 6) is -0.630. The van der Waals surface area contributed by atoms with Gasteiger partial charge in [0, 0.05) is 21.7 Å². The van der Waals surface area contributed by atoms with Crippen LogP contribution in [0, 0.1) is 6.92 Å². The summed E-state index contributed by atoms with van der Waals surface area (Å²) in [4.78, 5) is 4.29. The molecular weight excluding hydrogens is 426 g/mol. The van der Waals surface area contributed by atoms with Gasteiger partial charge >= 0.3 is 15.6 Å². The molecule has 27 heavy (non-hydrogen) atoms. The van der Waals surface area contributed by atoms with E-state index in [9.17, 15) is 21.6 Å². The normalized spacial score (nSPS) is 12.4. The van der Waals surface area contributed by atoms with Crippen molar-refractivity contribution in [2.45, 2.75) is 12.4 Å². The number of fused-ring (bicyclic) bond motifs is 1. The molecule has 0 unspecified atom stereocenters. The van der Waals surface area contributed by atoms with Crippen LogP contribution in [0.2, 0.25) is 10.0 Å². The molecule has 0 bridgehead atoms. The molecule has 2 aromatic carbocycles. The smallest absolute Gasteiger partial charge is 0.374 e. The van der Waals surface area contributed by atoms with Crippen molar-refractivity contribution in [3.8, 4) is 16.9 Å². The first-order valence-corrected chi connectivity index (χ1v) is 9.52. The van der Waals surface area contributed by atoms with E-state index in [1.165, 1.54) is 30.3 Å². The van der Waals surface area contributed by atoms with Crippen LogP contribution in [0.1, 0.15) is 5.69 Å². The SMILES string of the molecule is Cc1ccc2c(-c3ccc(Cl)cc3)c(OS(=O)(=O)C(F)(F)F)c(Cl)cc2n1. The largest absolute Gasteiger partial charge is 0.534 e. The fraction of sp³-hybridized carbons (Fsp3) is 0.118. The Hall–Kier alpha value is -2.03. The van der Waals surface area contributed by atoms with Gasteiger partial charge in [-0.2, -0.15) is 21.6 Å². The van der Waals surface area contributed by atoms with E-state index in [1.54, 1.807) is 19.1 Å². The van der Waals surface area contributed by atoms with E-state index < -0.39 is 21.4 Å². The molecule has 0 aliphatic rings. The van der Waals surface area contributed by atoms with Gasteiger partial charge in [0.15, 0.2) is 5.75 Å². The number of hydrogen-bond donors (Lipinski definition) is 0. The maximum atomic E-state index is 12.8. The molecule has 4 nitrogen and oxygen atoms in total. The molecule has 0 atom stereocenters. The van der Waals surface area contributed by atoms with E-state index >= 15 is 0 Å². The van der Waals surface area contributed by atoms with E-state index in [4.69, 9.17) is 23.2 Å².